The van der Waals surface area contributed by atoms with E-state index in [1.54, 1.807) is 4.90 Å². The Kier molecular flexibility index (Phi) is 11.7. The Morgan fingerprint density at radius 2 is 1.68 bits per heavy atom. The normalized spacial score (nSPS) is 17.1. The van der Waals surface area contributed by atoms with Gasteiger partial charge in [0.2, 0.25) is 0 Å². The number of halogens is 1. The second kappa shape index (κ2) is 15.2. The smallest absolute Gasteiger partial charge is 0.445 e. The van der Waals surface area contributed by atoms with E-state index in [0.29, 0.717) is 43.5 Å². The van der Waals surface area contributed by atoms with Crippen LogP contribution in [0, 0.1) is 11.7 Å². The molecule has 2 aliphatic rings. The quantitative estimate of drug-likeness (QED) is 0.241. The maximum Gasteiger partial charge on any atom is 0.476 e. The molecular formula is C33H48FN2O4Si+. The van der Waals surface area contributed by atoms with Crippen LogP contribution in [-0.2, 0) is 27.1 Å². The summed E-state index contributed by atoms with van der Waals surface area (Å²) in [5.74, 6) is 0.462. The van der Waals surface area contributed by atoms with E-state index in [9.17, 15) is 4.79 Å². The fraction of sp³-hybridized carbons (Fsp3) is 0.606. The minimum Gasteiger partial charge on any atom is -0.445 e. The van der Waals surface area contributed by atoms with Crippen LogP contribution in [0.25, 0.3) is 0 Å². The molecule has 4 rings (SSSR count). The summed E-state index contributed by atoms with van der Waals surface area (Å²) in [5, 5.41) is 0.165. The number of nitrogens with zero attached hydrogens (tertiary/aromatic N) is 2. The highest BCUT2D eigenvalue weighted by molar-refractivity contribution is 6.53. The molecule has 6 nitrogen and oxygen atoms in total. The number of benzene rings is 2. The zero-order valence-electron chi connectivity index (χ0n) is 25.4. The molecule has 0 spiro atoms. The fourth-order valence-electron chi connectivity index (χ4n) is 5.43. The Morgan fingerprint density at radius 3 is 2.37 bits per heavy atom. The largest absolute Gasteiger partial charge is 0.476 e. The van der Waals surface area contributed by atoms with E-state index in [1.807, 2.05) is 48.5 Å². The highest BCUT2D eigenvalue weighted by atomic mass is 28.3. The minimum atomic E-state index is -1.03. The average Bonchev–Trinajstić information content (AvgIpc) is 3.00. The molecule has 2 aliphatic heterocycles. The number of rotatable bonds is 12. The SMILES string of the molecule is CCC(C)(C)[Si+](C)OCc1cccc(N2CCC(CCOC3CCN(C(=O)OCc4ccccc4)CC3)CC2)c1F. The lowest BCUT2D eigenvalue weighted by Crippen LogP contribution is -2.41. The highest BCUT2D eigenvalue weighted by Crippen LogP contribution is 2.34. The van der Waals surface area contributed by atoms with Gasteiger partial charge >= 0.3 is 15.1 Å². The Labute approximate surface area is 247 Å². The van der Waals surface area contributed by atoms with Crippen molar-refractivity contribution in [3.05, 3.63) is 65.5 Å². The van der Waals surface area contributed by atoms with Gasteiger partial charge in [0.25, 0.3) is 0 Å². The molecule has 224 valence electrons. The van der Waals surface area contributed by atoms with Crippen LogP contribution in [-0.4, -0.2) is 58.9 Å². The monoisotopic (exact) mass is 583 g/mol. The zero-order valence-corrected chi connectivity index (χ0v) is 26.4. The predicted molar refractivity (Wildman–Crippen MR) is 164 cm³/mol. The van der Waals surface area contributed by atoms with E-state index in [2.05, 4.69) is 32.2 Å². The molecule has 41 heavy (non-hydrogen) atoms. The van der Waals surface area contributed by atoms with Crippen LogP contribution < -0.4 is 4.90 Å². The molecule has 1 amide bonds. The van der Waals surface area contributed by atoms with Gasteiger partial charge in [-0.15, -0.1) is 0 Å². The summed E-state index contributed by atoms with van der Waals surface area (Å²) in [6.07, 6.45) is 5.81. The number of hydrogen-bond acceptors (Lipinski definition) is 5. The Morgan fingerprint density at radius 1 is 0.976 bits per heavy atom. The summed E-state index contributed by atoms with van der Waals surface area (Å²) in [4.78, 5) is 16.4. The van der Waals surface area contributed by atoms with E-state index >= 15 is 4.39 Å². The second-order valence-electron chi connectivity index (χ2n) is 12.1. The van der Waals surface area contributed by atoms with Gasteiger partial charge in [-0.25, -0.2) is 13.6 Å². The summed E-state index contributed by atoms with van der Waals surface area (Å²) in [5.41, 5.74) is 2.36. The van der Waals surface area contributed by atoms with E-state index in [4.69, 9.17) is 13.9 Å². The molecule has 2 heterocycles. The first-order chi connectivity index (χ1) is 19.8. The van der Waals surface area contributed by atoms with Crippen molar-refractivity contribution in [2.75, 3.05) is 37.7 Å². The molecule has 0 aromatic heterocycles. The van der Waals surface area contributed by atoms with Crippen molar-refractivity contribution in [3.63, 3.8) is 0 Å². The van der Waals surface area contributed by atoms with Gasteiger partial charge in [-0.3, -0.25) is 0 Å². The molecule has 0 unspecified atom stereocenters. The molecule has 0 bridgehead atoms. The second-order valence-corrected chi connectivity index (χ2v) is 14.9. The Bertz CT molecular complexity index is 1090. The molecule has 0 aliphatic carbocycles. The third-order valence-electron chi connectivity index (χ3n) is 9.08. The molecule has 2 saturated heterocycles. The average molecular weight is 584 g/mol. The van der Waals surface area contributed by atoms with E-state index in [-0.39, 0.29) is 23.1 Å². The van der Waals surface area contributed by atoms with Crippen LogP contribution in [0.5, 0.6) is 0 Å². The summed E-state index contributed by atoms with van der Waals surface area (Å²) in [7, 11) is -1.03. The van der Waals surface area contributed by atoms with Crippen LogP contribution in [0.15, 0.2) is 48.5 Å². The lowest BCUT2D eigenvalue weighted by Gasteiger charge is -2.35. The van der Waals surface area contributed by atoms with Crippen molar-refractivity contribution in [1.29, 1.82) is 0 Å². The minimum absolute atomic E-state index is 0.131. The number of piperidine rings is 2. The van der Waals surface area contributed by atoms with Crippen molar-refractivity contribution in [3.8, 4) is 0 Å². The topological polar surface area (TPSA) is 51.2 Å². The first-order valence-corrected chi connectivity index (χ1v) is 17.2. The van der Waals surface area contributed by atoms with Gasteiger partial charge in [-0.2, -0.15) is 0 Å². The van der Waals surface area contributed by atoms with E-state index in [1.165, 1.54) is 0 Å². The summed E-state index contributed by atoms with van der Waals surface area (Å²) in [6.45, 7) is 13.3. The van der Waals surface area contributed by atoms with Gasteiger partial charge in [-0.05, 0) is 69.9 Å². The van der Waals surface area contributed by atoms with Crippen molar-refractivity contribution < 1.29 is 23.1 Å². The van der Waals surface area contributed by atoms with Gasteiger partial charge in [-0.1, -0.05) is 49.4 Å². The molecule has 0 radical (unpaired) electrons. The van der Waals surface area contributed by atoms with Crippen molar-refractivity contribution in [2.45, 2.75) is 90.2 Å². The maximum atomic E-state index is 15.4. The molecule has 2 fully saturated rings. The summed E-state index contributed by atoms with van der Waals surface area (Å²) < 4.78 is 33.3. The van der Waals surface area contributed by atoms with Gasteiger partial charge < -0.3 is 19.3 Å². The van der Waals surface area contributed by atoms with Crippen LogP contribution in [0.3, 0.4) is 0 Å². The third kappa shape index (κ3) is 9.03. The van der Waals surface area contributed by atoms with Gasteiger partial charge in [0.15, 0.2) is 5.82 Å². The lowest BCUT2D eigenvalue weighted by atomic mass is 9.93. The standard InChI is InChI=1S/C33H48FN2O4Si/c1-5-33(2,3)41(4)40-25-28-12-9-13-30(31(28)34)35-19-14-26(15-20-35)18-23-38-29-16-21-36(22-17-29)32(37)39-24-27-10-7-6-8-11-27/h6-13,26,29H,5,14-25H2,1-4H3/q+1. The Hall–Kier alpha value is -2.42. The van der Waals surface area contributed by atoms with E-state index < -0.39 is 9.04 Å². The number of anilines is 1. The fourth-order valence-corrected chi connectivity index (χ4v) is 6.69. The molecule has 8 heteroatoms. The molecular weight excluding hydrogens is 535 g/mol. The maximum absolute atomic E-state index is 15.4. The molecule has 0 atom stereocenters. The van der Waals surface area contributed by atoms with Crippen LogP contribution in [0.2, 0.25) is 11.6 Å². The number of amides is 1. The van der Waals surface area contributed by atoms with Crippen molar-refractivity contribution >= 4 is 20.8 Å². The Balaban J connectivity index is 1.13. The highest BCUT2D eigenvalue weighted by Gasteiger charge is 2.42. The van der Waals surface area contributed by atoms with Gasteiger partial charge in [0.05, 0.1) is 18.3 Å². The molecule has 2 aromatic rings. The first kappa shape index (κ1) is 31.5. The van der Waals surface area contributed by atoms with Crippen LogP contribution in [0.1, 0.15) is 70.4 Å². The number of ether oxygens (including phenoxy) is 2. The summed E-state index contributed by atoms with van der Waals surface area (Å²) >= 11 is 0. The van der Waals surface area contributed by atoms with Crippen LogP contribution >= 0.6 is 0 Å². The number of likely N-dealkylation sites (tertiary alicyclic amines) is 1. The number of carbonyl (C=O) groups excluding carboxylic acids is 1. The number of hydrogen-bond donors (Lipinski definition) is 0. The zero-order chi connectivity index (χ0) is 29.2. The number of carbonyl (C=O) groups is 1. The van der Waals surface area contributed by atoms with Crippen molar-refractivity contribution in [2.24, 2.45) is 5.92 Å². The predicted octanol–water partition coefficient (Wildman–Crippen LogP) is 7.58. The van der Waals surface area contributed by atoms with Gasteiger partial charge in [0, 0.05) is 38.3 Å². The lowest BCUT2D eigenvalue weighted by molar-refractivity contribution is -0.000817. The van der Waals surface area contributed by atoms with E-state index in [0.717, 1.165) is 63.8 Å². The molecule has 0 saturated carbocycles. The van der Waals surface area contributed by atoms with Crippen LogP contribution in [0.4, 0.5) is 14.9 Å². The third-order valence-corrected chi connectivity index (χ3v) is 11.9. The molecule has 0 N–H and O–H groups in total. The van der Waals surface area contributed by atoms with Crippen molar-refractivity contribution in [1.82, 2.24) is 4.90 Å². The van der Waals surface area contributed by atoms with Gasteiger partial charge in [0.1, 0.15) is 18.3 Å². The molecule has 2 aromatic carbocycles. The summed E-state index contributed by atoms with van der Waals surface area (Å²) in [6, 6.07) is 15.5. The first-order valence-electron chi connectivity index (χ1n) is 15.3.